The third-order valence-corrected chi connectivity index (χ3v) is 4.38. The van der Waals surface area contributed by atoms with E-state index in [0.717, 1.165) is 5.56 Å². The van der Waals surface area contributed by atoms with Crippen molar-refractivity contribution in [3.05, 3.63) is 94.9 Å². The number of carbonyl (C=O) groups is 2. The summed E-state index contributed by atoms with van der Waals surface area (Å²) in [6.45, 7) is 0.290. The van der Waals surface area contributed by atoms with E-state index in [1.165, 1.54) is 6.08 Å². The Morgan fingerprint density at radius 3 is 2.60 bits per heavy atom. The van der Waals surface area contributed by atoms with Crippen LogP contribution in [0, 0.1) is 0 Å². The van der Waals surface area contributed by atoms with E-state index in [1.807, 2.05) is 0 Å². The molecular formula is C22H18ClN3O3S. The monoisotopic (exact) mass is 439 g/mol. The van der Waals surface area contributed by atoms with Gasteiger partial charge in [-0.05, 0) is 66.3 Å². The molecule has 0 unspecified atom stereocenters. The van der Waals surface area contributed by atoms with Gasteiger partial charge in [-0.1, -0.05) is 29.8 Å². The first-order valence-corrected chi connectivity index (χ1v) is 9.74. The van der Waals surface area contributed by atoms with Gasteiger partial charge in [0, 0.05) is 22.3 Å². The molecule has 3 aromatic rings. The van der Waals surface area contributed by atoms with Gasteiger partial charge in [0.2, 0.25) is 5.91 Å². The van der Waals surface area contributed by atoms with Crippen LogP contribution in [0.15, 0.2) is 77.4 Å². The molecule has 152 valence electrons. The molecule has 3 rings (SSSR count). The molecule has 2 amide bonds. The van der Waals surface area contributed by atoms with Gasteiger partial charge in [0.25, 0.3) is 5.91 Å². The van der Waals surface area contributed by atoms with Crippen LogP contribution in [0.1, 0.15) is 21.7 Å². The van der Waals surface area contributed by atoms with E-state index in [-0.39, 0.29) is 23.5 Å². The maximum Gasteiger partial charge on any atom is 0.251 e. The number of nitrogens with one attached hydrogen (secondary N) is 3. The van der Waals surface area contributed by atoms with Crippen LogP contribution in [0.5, 0.6) is 0 Å². The molecule has 2 aromatic carbocycles. The normalized spacial score (nSPS) is 10.6. The molecule has 0 fully saturated rings. The molecule has 30 heavy (non-hydrogen) atoms. The van der Waals surface area contributed by atoms with E-state index in [2.05, 4.69) is 16.0 Å². The van der Waals surface area contributed by atoms with Crippen LogP contribution in [-0.2, 0) is 11.3 Å². The Hall–Kier alpha value is -3.42. The van der Waals surface area contributed by atoms with Crippen LogP contribution < -0.4 is 16.0 Å². The third-order valence-electron chi connectivity index (χ3n) is 3.92. The number of amides is 2. The number of halogens is 1. The first-order chi connectivity index (χ1) is 14.5. The maximum atomic E-state index is 12.3. The van der Waals surface area contributed by atoms with Crippen molar-refractivity contribution >= 4 is 52.5 Å². The zero-order valence-corrected chi connectivity index (χ0v) is 17.3. The fourth-order valence-corrected chi connectivity index (χ4v) is 2.83. The van der Waals surface area contributed by atoms with Gasteiger partial charge in [-0.25, -0.2) is 0 Å². The van der Waals surface area contributed by atoms with Gasteiger partial charge < -0.3 is 15.1 Å². The van der Waals surface area contributed by atoms with Crippen LogP contribution >= 0.6 is 23.8 Å². The summed E-state index contributed by atoms with van der Waals surface area (Å²) in [5.41, 5.74) is 1.86. The Morgan fingerprint density at radius 2 is 1.87 bits per heavy atom. The molecule has 1 heterocycles. The fraction of sp³-hybridized carbons (Fsp3) is 0.0455. The van der Waals surface area contributed by atoms with E-state index in [1.54, 1.807) is 73.0 Å². The lowest BCUT2D eigenvalue weighted by Crippen LogP contribution is -2.33. The van der Waals surface area contributed by atoms with Gasteiger partial charge >= 0.3 is 0 Å². The molecule has 1 aromatic heterocycles. The van der Waals surface area contributed by atoms with Crippen molar-refractivity contribution < 1.29 is 14.0 Å². The van der Waals surface area contributed by atoms with E-state index >= 15 is 0 Å². The summed E-state index contributed by atoms with van der Waals surface area (Å²) in [7, 11) is 0. The predicted molar refractivity (Wildman–Crippen MR) is 121 cm³/mol. The molecule has 0 saturated heterocycles. The number of carbonyl (C=O) groups excluding carboxylic acids is 2. The molecule has 0 atom stereocenters. The number of thiocarbonyl (C=S) groups is 1. The van der Waals surface area contributed by atoms with Gasteiger partial charge in [0.05, 0.1) is 12.8 Å². The van der Waals surface area contributed by atoms with E-state index in [9.17, 15) is 9.59 Å². The standard InChI is InChI=1S/C22H18ClN3O3S/c23-17-9-6-15(7-10-17)8-11-20(27)26-22(30)25-18-4-1-3-16(13-18)21(28)24-14-19-5-2-12-29-19/h1-13H,14H2,(H,24,28)(H2,25,26,27,30)/b11-8+. The fourth-order valence-electron chi connectivity index (χ4n) is 2.48. The number of rotatable bonds is 6. The second-order valence-corrected chi connectivity index (χ2v) is 7.02. The third kappa shape index (κ3) is 6.58. The van der Waals surface area contributed by atoms with E-state index in [4.69, 9.17) is 28.2 Å². The lowest BCUT2D eigenvalue weighted by molar-refractivity contribution is -0.115. The van der Waals surface area contributed by atoms with Crippen LogP contribution in [0.3, 0.4) is 0 Å². The summed E-state index contributed by atoms with van der Waals surface area (Å²) in [6, 6.07) is 17.4. The van der Waals surface area contributed by atoms with Crippen molar-refractivity contribution in [3.8, 4) is 0 Å². The first kappa shape index (κ1) is 21.3. The summed E-state index contributed by atoms with van der Waals surface area (Å²) in [6.07, 6.45) is 4.57. The number of anilines is 1. The van der Waals surface area contributed by atoms with Gasteiger partial charge in [0.15, 0.2) is 5.11 Å². The molecule has 0 aliphatic heterocycles. The predicted octanol–water partition coefficient (Wildman–Crippen LogP) is 4.39. The molecule has 0 saturated carbocycles. The van der Waals surface area contributed by atoms with Crippen molar-refractivity contribution in [2.75, 3.05) is 5.32 Å². The van der Waals surface area contributed by atoms with Crippen molar-refractivity contribution in [2.24, 2.45) is 0 Å². The topological polar surface area (TPSA) is 83.4 Å². The highest BCUT2D eigenvalue weighted by Crippen LogP contribution is 2.12. The number of furan rings is 1. The van der Waals surface area contributed by atoms with Crippen molar-refractivity contribution in [1.82, 2.24) is 10.6 Å². The van der Waals surface area contributed by atoms with E-state index < -0.39 is 0 Å². The minimum atomic E-state index is -0.380. The van der Waals surface area contributed by atoms with Crippen LogP contribution in [0.2, 0.25) is 5.02 Å². The number of hydrogen-bond donors (Lipinski definition) is 3. The summed E-state index contributed by atoms with van der Waals surface area (Å²) < 4.78 is 5.19. The molecule has 0 aliphatic carbocycles. The molecular weight excluding hydrogens is 422 g/mol. The lowest BCUT2D eigenvalue weighted by atomic mass is 10.2. The largest absolute Gasteiger partial charge is 0.467 e. The minimum absolute atomic E-state index is 0.119. The summed E-state index contributed by atoms with van der Waals surface area (Å²) in [5, 5.41) is 8.96. The van der Waals surface area contributed by atoms with E-state index in [0.29, 0.717) is 22.0 Å². The molecule has 0 bridgehead atoms. The van der Waals surface area contributed by atoms with Gasteiger partial charge in [-0.3, -0.25) is 14.9 Å². The number of hydrogen-bond acceptors (Lipinski definition) is 4. The van der Waals surface area contributed by atoms with Gasteiger partial charge in [0.1, 0.15) is 5.76 Å². The smallest absolute Gasteiger partial charge is 0.251 e. The highest BCUT2D eigenvalue weighted by Gasteiger charge is 2.08. The Balaban J connectivity index is 1.52. The van der Waals surface area contributed by atoms with Gasteiger partial charge in [-0.15, -0.1) is 0 Å². The Morgan fingerprint density at radius 1 is 1.07 bits per heavy atom. The SMILES string of the molecule is O=C(/C=C/c1ccc(Cl)cc1)NC(=S)Nc1cccc(C(=O)NCc2ccco2)c1. The number of benzene rings is 2. The van der Waals surface area contributed by atoms with Crippen molar-refractivity contribution in [2.45, 2.75) is 6.54 Å². The zero-order chi connectivity index (χ0) is 21.3. The Labute approximate surface area is 183 Å². The highest BCUT2D eigenvalue weighted by atomic mass is 35.5. The molecule has 0 radical (unpaired) electrons. The molecule has 0 aliphatic rings. The Kier molecular flexibility index (Phi) is 7.37. The van der Waals surface area contributed by atoms with Crippen molar-refractivity contribution in [3.63, 3.8) is 0 Å². The molecule has 3 N–H and O–H groups in total. The minimum Gasteiger partial charge on any atom is -0.467 e. The average molecular weight is 440 g/mol. The summed E-state index contributed by atoms with van der Waals surface area (Å²) in [5.74, 6) is 0.0267. The Bertz CT molecular complexity index is 1060. The quantitative estimate of drug-likeness (QED) is 0.392. The highest BCUT2D eigenvalue weighted by molar-refractivity contribution is 7.80. The van der Waals surface area contributed by atoms with Crippen molar-refractivity contribution in [1.29, 1.82) is 0 Å². The van der Waals surface area contributed by atoms with Crippen LogP contribution in [0.25, 0.3) is 6.08 Å². The molecule has 8 heteroatoms. The first-order valence-electron chi connectivity index (χ1n) is 8.96. The van der Waals surface area contributed by atoms with Crippen LogP contribution in [-0.4, -0.2) is 16.9 Å². The zero-order valence-electron chi connectivity index (χ0n) is 15.7. The van der Waals surface area contributed by atoms with Gasteiger partial charge in [-0.2, -0.15) is 0 Å². The summed E-state index contributed by atoms with van der Waals surface area (Å²) >= 11 is 11.0. The second-order valence-electron chi connectivity index (χ2n) is 6.17. The molecule has 0 spiro atoms. The van der Waals surface area contributed by atoms with Crippen LogP contribution in [0.4, 0.5) is 5.69 Å². The maximum absolute atomic E-state index is 12.3. The lowest BCUT2D eigenvalue weighted by Gasteiger charge is -2.10. The second kappa shape index (κ2) is 10.4. The average Bonchev–Trinajstić information content (AvgIpc) is 3.25. The molecule has 6 nitrogen and oxygen atoms in total. The summed E-state index contributed by atoms with van der Waals surface area (Å²) in [4.78, 5) is 24.3.